The van der Waals surface area contributed by atoms with Crippen LogP contribution in [0.1, 0.15) is 18.9 Å². The van der Waals surface area contributed by atoms with Crippen molar-refractivity contribution in [2.45, 2.75) is 32.9 Å². The number of aryl methyl sites for hydroxylation is 2. The molecule has 1 aromatic carbocycles. The molecule has 27 heavy (non-hydrogen) atoms. The molecule has 4 rings (SSSR count). The quantitative estimate of drug-likeness (QED) is 0.460. The average molecular weight is 379 g/mol. The second-order valence-corrected chi connectivity index (χ2v) is 7.15. The Morgan fingerprint density at radius 1 is 1.15 bits per heavy atom. The third kappa shape index (κ3) is 4.11. The van der Waals surface area contributed by atoms with Gasteiger partial charge in [0.1, 0.15) is 0 Å². The largest absolute Gasteiger partial charge is 0.463 e. The Bertz CT molecular complexity index is 1030. The number of nitrogens with zero attached hydrogens (tertiary/aromatic N) is 4. The molecule has 0 fully saturated rings. The molecule has 0 spiro atoms. The minimum Gasteiger partial charge on any atom is -0.463 e. The van der Waals surface area contributed by atoms with Crippen LogP contribution in [0.25, 0.3) is 11.5 Å². The van der Waals surface area contributed by atoms with E-state index in [0.717, 1.165) is 47.9 Å². The predicted molar refractivity (Wildman–Crippen MR) is 108 cm³/mol. The minimum atomic E-state index is 0.865. The molecule has 3 heterocycles. The summed E-state index contributed by atoms with van der Waals surface area (Å²) >= 11 is 1.64. The number of thiazole rings is 1. The van der Waals surface area contributed by atoms with E-state index in [1.807, 2.05) is 30.9 Å². The number of furan rings is 1. The summed E-state index contributed by atoms with van der Waals surface area (Å²) in [5, 5.41) is 2.12. The standard InChI is InChI=1S/C21H22N4OS/c1-2-17-6-8-18(9-7-17)23-21-25(12-4-11-24-13-10-22-16-24)19(15-27-21)20-5-3-14-26-20/h3,5-10,13-16H,2,4,11-12H2,1H3. The molecular formula is C21H22N4OS. The first kappa shape index (κ1) is 17.5. The summed E-state index contributed by atoms with van der Waals surface area (Å²) in [6.45, 7) is 3.95. The Balaban J connectivity index is 1.64. The summed E-state index contributed by atoms with van der Waals surface area (Å²) in [5.41, 5.74) is 3.37. The van der Waals surface area contributed by atoms with Crippen LogP contribution in [0.5, 0.6) is 0 Å². The topological polar surface area (TPSA) is 48.2 Å². The molecule has 138 valence electrons. The number of hydrogen-bond donors (Lipinski definition) is 0. The van der Waals surface area contributed by atoms with Crippen molar-refractivity contribution in [3.8, 4) is 11.5 Å². The maximum absolute atomic E-state index is 5.64. The van der Waals surface area contributed by atoms with Crippen LogP contribution in [0.15, 0.2) is 76.2 Å². The third-order valence-electron chi connectivity index (χ3n) is 4.50. The SMILES string of the molecule is CCc1ccc(N=c2scc(-c3ccco3)n2CCCn2ccnc2)cc1. The van der Waals surface area contributed by atoms with Crippen LogP contribution >= 0.6 is 11.3 Å². The highest BCUT2D eigenvalue weighted by molar-refractivity contribution is 7.07. The van der Waals surface area contributed by atoms with E-state index >= 15 is 0 Å². The first-order valence-corrected chi connectivity index (χ1v) is 10.0. The van der Waals surface area contributed by atoms with Crippen molar-refractivity contribution in [3.05, 3.63) is 77.1 Å². The lowest BCUT2D eigenvalue weighted by Gasteiger charge is -2.08. The van der Waals surface area contributed by atoms with Crippen molar-refractivity contribution in [2.75, 3.05) is 0 Å². The summed E-state index contributed by atoms with van der Waals surface area (Å²) in [6.07, 6.45) is 9.40. The number of aromatic nitrogens is 3. The second kappa shape index (κ2) is 8.22. The van der Waals surface area contributed by atoms with Gasteiger partial charge in [-0.3, -0.25) is 0 Å². The molecule has 0 aliphatic heterocycles. The van der Waals surface area contributed by atoms with Crippen LogP contribution in [-0.4, -0.2) is 14.1 Å². The minimum absolute atomic E-state index is 0.865. The van der Waals surface area contributed by atoms with Gasteiger partial charge < -0.3 is 13.6 Å². The molecule has 5 nitrogen and oxygen atoms in total. The summed E-state index contributed by atoms with van der Waals surface area (Å²) in [7, 11) is 0. The Morgan fingerprint density at radius 3 is 2.74 bits per heavy atom. The highest BCUT2D eigenvalue weighted by Gasteiger charge is 2.10. The molecule has 0 radical (unpaired) electrons. The van der Waals surface area contributed by atoms with Gasteiger partial charge in [0.2, 0.25) is 0 Å². The van der Waals surface area contributed by atoms with E-state index in [4.69, 9.17) is 9.41 Å². The van der Waals surface area contributed by atoms with Crippen molar-refractivity contribution in [1.82, 2.24) is 14.1 Å². The van der Waals surface area contributed by atoms with Crippen molar-refractivity contribution in [1.29, 1.82) is 0 Å². The first-order chi connectivity index (χ1) is 13.3. The molecule has 0 saturated heterocycles. The highest BCUT2D eigenvalue weighted by atomic mass is 32.1. The van der Waals surface area contributed by atoms with E-state index in [0.29, 0.717) is 0 Å². The molecule has 0 atom stereocenters. The van der Waals surface area contributed by atoms with Gasteiger partial charge in [-0.1, -0.05) is 19.1 Å². The van der Waals surface area contributed by atoms with E-state index < -0.39 is 0 Å². The van der Waals surface area contributed by atoms with E-state index in [2.05, 4.69) is 50.7 Å². The highest BCUT2D eigenvalue weighted by Crippen LogP contribution is 2.22. The molecular weight excluding hydrogens is 356 g/mol. The van der Waals surface area contributed by atoms with Gasteiger partial charge in [0.25, 0.3) is 0 Å². The molecule has 0 aliphatic carbocycles. The van der Waals surface area contributed by atoms with Crippen LogP contribution in [-0.2, 0) is 19.5 Å². The molecule has 0 unspecified atom stereocenters. The smallest absolute Gasteiger partial charge is 0.190 e. The fourth-order valence-corrected chi connectivity index (χ4v) is 3.94. The zero-order valence-electron chi connectivity index (χ0n) is 15.3. The van der Waals surface area contributed by atoms with Gasteiger partial charge in [-0.15, -0.1) is 11.3 Å². The van der Waals surface area contributed by atoms with Gasteiger partial charge in [0.15, 0.2) is 10.6 Å². The van der Waals surface area contributed by atoms with Crippen LogP contribution < -0.4 is 4.80 Å². The Kier molecular flexibility index (Phi) is 5.34. The summed E-state index contributed by atoms with van der Waals surface area (Å²) in [4.78, 5) is 9.97. The predicted octanol–water partition coefficient (Wildman–Crippen LogP) is 4.89. The lowest BCUT2D eigenvalue weighted by Crippen LogP contribution is -2.17. The number of benzene rings is 1. The second-order valence-electron chi connectivity index (χ2n) is 6.32. The maximum atomic E-state index is 5.64. The van der Waals surface area contributed by atoms with Gasteiger partial charge >= 0.3 is 0 Å². The molecule has 0 aliphatic rings. The summed E-state index contributed by atoms with van der Waals surface area (Å²) in [6, 6.07) is 12.4. The molecule has 0 amide bonds. The van der Waals surface area contributed by atoms with Gasteiger partial charge in [-0.25, -0.2) is 9.98 Å². The fraction of sp³-hybridized carbons (Fsp3) is 0.238. The Hall–Kier alpha value is -2.86. The van der Waals surface area contributed by atoms with Crippen molar-refractivity contribution >= 4 is 17.0 Å². The number of rotatable bonds is 7. The van der Waals surface area contributed by atoms with Gasteiger partial charge in [-0.05, 0) is 42.7 Å². The molecule has 0 bridgehead atoms. The van der Waals surface area contributed by atoms with E-state index in [-0.39, 0.29) is 0 Å². The summed E-state index contributed by atoms with van der Waals surface area (Å²) < 4.78 is 9.98. The van der Waals surface area contributed by atoms with Crippen LogP contribution in [0, 0.1) is 0 Å². The number of imidazole rings is 1. The molecule has 0 saturated carbocycles. The van der Waals surface area contributed by atoms with E-state index in [1.54, 1.807) is 17.6 Å². The average Bonchev–Trinajstić information content (AvgIpc) is 3.45. The van der Waals surface area contributed by atoms with Crippen LogP contribution in [0.2, 0.25) is 0 Å². The molecule has 4 aromatic rings. The normalized spacial score (nSPS) is 12.0. The zero-order chi connectivity index (χ0) is 18.5. The van der Waals surface area contributed by atoms with E-state index in [1.165, 1.54) is 5.56 Å². The Morgan fingerprint density at radius 2 is 2.04 bits per heavy atom. The van der Waals surface area contributed by atoms with Crippen LogP contribution in [0.4, 0.5) is 5.69 Å². The first-order valence-electron chi connectivity index (χ1n) is 9.15. The molecule has 6 heteroatoms. The van der Waals surface area contributed by atoms with Gasteiger partial charge in [-0.2, -0.15) is 0 Å². The van der Waals surface area contributed by atoms with Crippen molar-refractivity contribution in [2.24, 2.45) is 4.99 Å². The lowest BCUT2D eigenvalue weighted by molar-refractivity contribution is 0.541. The third-order valence-corrected chi connectivity index (χ3v) is 5.36. The maximum Gasteiger partial charge on any atom is 0.190 e. The molecule has 0 N–H and O–H groups in total. The van der Waals surface area contributed by atoms with Crippen molar-refractivity contribution < 1.29 is 4.42 Å². The molecule has 3 aromatic heterocycles. The zero-order valence-corrected chi connectivity index (χ0v) is 16.1. The fourth-order valence-electron chi connectivity index (χ4n) is 3.00. The van der Waals surface area contributed by atoms with Crippen molar-refractivity contribution in [3.63, 3.8) is 0 Å². The van der Waals surface area contributed by atoms with E-state index in [9.17, 15) is 0 Å². The summed E-state index contributed by atoms with van der Waals surface area (Å²) in [5.74, 6) is 0.872. The Labute approximate surface area is 162 Å². The van der Waals surface area contributed by atoms with Gasteiger partial charge in [0.05, 0.1) is 24.0 Å². The lowest BCUT2D eigenvalue weighted by atomic mass is 10.2. The number of hydrogen-bond acceptors (Lipinski definition) is 4. The van der Waals surface area contributed by atoms with Crippen LogP contribution in [0.3, 0.4) is 0 Å². The monoisotopic (exact) mass is 378 g/mol. The van der Waals surface area contributed by atoms with Gasteiger partial charge in [0, 0.05) is 30.9 Å².